The van der Waals surface area contributed by atoms with E-state index in [1.165, 1.54) is 27.1 Å². The van der Waals surface area contributed by atoms with Crippen molar-refractivity contribution in [2.75, 3.05) is 0 Å². The van der Waals surface area contributed by atoms with E-state index in [0.29, 0.717) is 17.5 Å². The summed E-state index contributed by atoms with van der Waals surface area (Å²) in [5.74, 6) is 1.88. The summed E-state index contributed by atoms with van der Waals surface area (Å²) in [5, 5.41) is 9.16. The lowest BCUT2D eigenvalue weighted by Crippen LogP contribution is -2.00. The Labute approximate surface area is 282 Å². The van der Waals surface area contributed by atoms with Crippen LogP contribution in [0.3, 0.4) is 0 Å². The molecule has 0 radical (unpaired) electrons. The van der Waals surface area contributed by atoms with Gasteiger partial charge in [-0.05, 0) is 68.4 Å². The third-order valence-electron chi connectivity index (χ3n) is 9.49. The first-order chi connectivity index (χ1) is 24.3. The molecule has 0 bridgehead atoms. The van der Waals surface area contributed by atoms with Crippen LogP contribution in [0.2, 0.25) is 0 Å². The zero-order valence-corrected chi connectivity index (χ0v) is 26.3. The zero-order valence-electron chi connectivity index (χ0n) is 26.3. The van der Waals surface area contributed by atoms with Gasteiger partial charge < -0.3 is 4.42 Å². The molecule has 0 aliphatic carbocycles. The number of aromatic nitrogens is 3. The van der Waals surface area contributed by atoms with Gasteiger partial charge in [0.2, 0.25) is 0 Å². The van der Waals surface area contributed by atoms with E-state index >= 15 is 0 Å². The molecule has 4 heteroatoms. The average molecular weight is 626 g/mol. The molecule has 4 nitrogen and oxygen atoms in total. The first kappa shape index (κ1) is 27.5. The molecule has 228 valence electrons. The smallest absolute Gasteiger partial charge is 0.164 e. The van der Waals surface area contributed by atoms with E-state index in [1.54, 1.807) is 0 Å². The van der Waals surface area contributed by atoms with Crippen LogP contribution in [-0.4, -0.2) is 15.0 Å². The Bertz CT molecular complexity index is 2870. The van der Waals surface area contributed by atoms with Gasteiger partial charge in [0.25, 0.3) is 0 Å². The number of nitrogens with zero attached hydrogens (tertiary/aromatic N) is 3. The van der Waals surface area contributed by atoms with Crippen LogP contribution in [0.5, 0.6) is 0 Å². The summed E-state index contributed by atoms with van der Waals surface area (Å²) >= 11 is 0. The molecule has 0 atom stereocenters. The van der Waals surface area contributed by atoms with Gasteiger partial charge in [0.1, 0.15) is 11.2 Å². The quantitative estimate of drug-likeness (QED) is 0.183. The second-order valence-electron chi connectivity index (χ2n) is 12.4. The van der Waals surface area contributed by atoms with Gasteiger partial charge in [-0.15, -0.1) is 0 Å². The van der Waals surface area contributed by atoms with Crippen molar-refractivity contribution in [3.05, 3.63) is 164 Å². The maximum atomic E-state index is 6.29. The Morgan fingerprint density at radius 2 is 0.878 bits per heavy atom. The van der Waals surface area contributed by atoms with Gasteiger partial charge in [0, 0.05) is 32.8 Å². The third-order valence-corrected chi connectivity index (χ3v) is 9.49. The summed E-state index contributed by atoms with van der Waals surface area (Å²) in [5.41, 5.74) is 6.80. The van der Waals surface area contributed by atoms with E-state index in [-0.39, 0.29) is 0 Å². The maximum Gasteiger partial charge on any atom is 0.164 e. The molecule has 10 rings (SSSR count). The van der Waals surface area contributed by atoms with Gasteiger partial charge in [-0.2, -0.15) is 0 Å². The fourth-order valence-electron chi connectivity index (χ4n) is 7.13. The van der Waals surface area contributed by atoms with Crippen molar-refractivity contribution in [3.63, 3.8) is 0 Å². The summed E-state index contributed by atoms with van der Waals surface area (Å²) in [6, 6.07) is 56.9. The Morgan fingerprint density at radius 1 is 0.327 bits per heavy atom. The largest absolute Gasteiger partial charge is 0.456 e. The van der Waals surface area contributed by atoms with Gasteiger partial charge in [-0.25, -0.2) is 15.0 Å². The van der Waals surface area contributed by atoms with Crippen molar-refractivity contribution in [1.29, 1.82) is 0 Å². The third kappa shape index (κ3) is 4.57. The molecular weight excluding hydrogens is 599 g/mol. The number of furan rings is 1. The first-order valence-electron chi connectivity index (χ1n) is 16.4. The molecule has 0 aliphatic rings. The van der Waals surface area contributed by atoms with E-state index in [9.17, 15) is 0 Å². The number of rotatable bonds is 4. The van der Waals surface area contributed by atoms with Crippen molar-refractivity contribution in [2.45, 2.75) is 0 Å². The van der Waals surface area contributed by atoms with E-state index in [0.717, 1.165) is 55.0 Å². The van der Waals surface area contributed by atoms with Crippen LogP contribution >= 0.6 is 0 Å². The highest BCUT2D eigenvalue weighted by Crippen LogP contribution is 2.39. The Balaban J connectivity index is 1.22. The second-order valence-corrected chi connectivity index (χ2v) is 12.4. The van der Waals surface area contributed by atoms with Crippen molar-refractivity contribution in [2.24, 2.45) is 0 Å². The van der Waals surface area contributed by atoms with Crippen LogP contribution in [-0.2, 0) is 0 Å². The Kier molecular flexibility index (Phi) is 6.15. The fourth-order valence-corrected chi connectivity index (χ4v) is 7.13. The molecule has 10 aromatic rings. The van der Waals surface area contributed by atoms with Crippen LogP contribution in [0.15, 0.2) is 168 Å². The van der Waals surface area contributed by atoms with Crippen molar-refractivity contribution >= 4 is 54.3 Å². The minimum atomic E-state index is 0.612. The molecule has 2 heterocycles. The van der Waals surface area contributed by atoms with Gasteiger partial charge in [-0.3, -0.25) is 0 Å². The normalized spacial score (nSPS) is 11.7. The van der Waals surface area contributed by atoms with Crippen molar-refractivity contribution in [1.82, 2.24) is 15.0 Å². The number of hydrogen-bond acceptors (Lipinski definition) is 4. The van der Waals surface area contributed by atoms with Crippen molar-refractivity contribution in [3.8, 4) is 45.3 Å². The summed E-state index contributed by atoms with van der Waals surface area (Å²) in [7, 11) is 0. The summed E-state index contributed by atoms with van der Waals surface area (Å²) in [6.45, 7) is 0. The molecule has 0 saturated heterocycles. The predicted octanol–water partition coefficient (Wildman–Crippen LogP) is 11.9. The first-order valence-corrected chi connectivity index (χ1v) is 16.4. The topological polar surface area (TPSA) is 51.8 Å². The summed E-state index contributed by atoms with van der Waals surface area (Å²) in [4.78, 5) is 15.4. The highest BCUT2D eigenvalue weighted by Gasteiger charge is 2.18. The molecule has 49 heavy (non-hydrogen) atoms. The molecule has 2 aromatic heterocycles. The van der Waals surface area contributed by atoms with E-state index in [2.05, 4.69) is 115 Å². The van der Waals surface area contributed by atoms with Gasteiger partial charge >= 0.3 is 0 Å². The number of benzene rings is 8. The number of fused-ring (bicyclic) bond motifs is 8. The standard InChI is InChI=1S/C45H27N3O/c1-3-10-28(11-4-1)33-22-24-39-37(26-33)38-27-34(23-25-40(38)49-39)44-46-43(32-13-5-2-6-14-32)47-45(48-44)36-17-9-15-30-20-21-31-19-18-29-12-7-8-16-35(29)41(31)42(30)36/h1-27H. The van der Waals surface area contributed by atoms with Crippen LogP contribution in [0.4, 0.5) is 0 Å². The molecule has 0 spiro atoms. The fraction of sp³-hybridized carbons (Fsp3) is 0. The summed E-state index contributed by atoms with van der Waals surface area (Å²) < 4.78 is 6.29. The Hall–Kier alpha value is -6.65. The van der Waals surface area contributed by atoms with Crippen molar-refractivity contribution < 1.29 is 4.42 Å². The SMILES string of the molecule is c1ccc(-c2ccc3oc4ccc(-c5nc(-c6ccccc6)nc(-c6cccc7ccc8ccc9ccccc9c8c67)n5)cc4c3c2)cc1. The lowest BCUT2D eigenvalue weighted by atomic mass is 9.93. The monoisotopic (exact) mass is 625 g/mol. The molecule has 0 amide bonds. The van der Waals surface area contributed by atoms with Crippen LogP contribution in [0.1, 0.15) is 0 Å². The van der Waals surface area contributed by atoms with E-state index in [4.69, 9.17) is 19.4 Å². The minimum absolute atomic E-state index is 0.612. The summed E-state index contributed by atoms with van der Waals surface area (Å²) in [6.07, 6.45) is 0. The van der Waals surface area contributed by atoms with Crippen LogP contribution < -0.4 is 0 Å². The number of hydrogen-bond donors (Lipinski definition) is 0. The van der Waals surface area contributed by atoms with Gasteiger partial charge in [-0.1, -0.05) is 133 Å². The molecule has 0 saturated carbocycles. The molecule has 8 aromatic carbocycles. The lowest BCUT2D eigenvalue weighted by molar-refractivity contribution is 0.669. The van der Waals surface area contributed by atoms with E-state index in [1.807, 2.05) is 48.5 Å². The van der Waals surface area contributed by atoms with E-state index < -0.39 is 0 Å². The zero-order chi connectivity index (χ0) is 32.3. The molecular formula is C45H27N3O. The highest BCUT2D eigenvalue weighted by atomic mass is 16.3. The van der Waals surface area contributed by atoms with Crippen LogP contribution in [0.25, 0.3) is 99.5 Å². The minimum Gasteiger partial charge on any atom is -0.456 e. The Morgan fingerprint density at radius 3 is 1.63 bits per heavy atom. The molecule has 0 aliphatic heterocycles. The van der Waals surface area contributed by atoms with Gasteiger partial charge in [0.15, 0.2) is 17.5 Å². The molecule has 0 fully saturated rings. The molecule has 0 unspecified atom stereocenters. The average Bonchev–Trinajstić information content (AvgIpc) is 3.55. The predicted molar refractivity (Wildman–Crippen MR) is 201 cm³/mol. The molecule has 0 N–H and O–H groups in total. The highest BCUT2D eigenvalue weighted by molar-refractivity contribution is 6.23. The van der Waals surface area contributed by atoms with Crippen LogP contribution in [0, 0.1) is 0 Å². The lowest BCUT2D eigenvalue weighted by Gasteiger charge is -2.13. The maximum absolute atomic E-state index is 6.29. The second kappa shape index (κ2) is 11.0. The van der Waals surface area contributed by atoms with Gasteiger partial charge in [0.05, 0.1) is 0 Å².